The average Bonchev–Trinajstić information content (AvgIpc) is 4.17. The van der Waals surface area contributed by atoms with Crippen molar-refractivity contribution >= 4 is 64.7 Å². The molecule has 0 bridgehead atoms. The number of nitrogens with zero attached hydrogens (tertiary/aromatic N) is 2. The predicted molar refractivity (Wildman–Crippen MR) is 325 cm³/mol. The molecule has 0 unspecified atom stereocenters. The van der Waals surface area contributed by atoms with Crippen LogP contribution in [0.4, 0.5) is 11.4 Å². The summed E-state index contributed by atoms with van der Waals surface area (Å²) in [5.41, 5.74) is 21.6. The Kier molecular flexibility index (Phi) is 11.5. The third-order valence-corrected chi connectivity index (χ3v) is 16.4. The Bertz CT molecular complexity index is 4250. The number of hydrogen-bond donors (Lipinski definition) is 0. The maximum absolute atomic E-state index is 2.49. The van der Waals surface area contributed by atoms with Gasteiger partial charge in [-0.25, -0.2) is 0 Å². The van der Waals surface area contributed by atoms with E-state index < -0.39 is 0 Å². The zero-order chi connectivity index (χ0) is 50.4. The van der Waals surface area contributed by atoms with E-state index in [2.05, 4.69) is 301 Å². The van der Waals surface area contributed by atoms with Crippen molar-refractivity contribution in [2.45, 2.75) is 6.54 Å². The molecule has 0 saturated heterocycles. The van der Waals surface area contributed by atoms with Crippen molar-refractivity contribution < 1.29 is 0 Å². The number of thiophene rings is 1. The third-order valence-electron chi connectivity index (χ3n) is 15.2. The highest BCUT2D eigenvalue weighted by molar-refractivity contribution is 7.26. The van der Waals surface area contributed by atoms with Crippen molar-refractivity contribution in [3.63, 3.8) is 0 Å². The lowest BCUT2D eigenvalue weighted by Crippen LogP contribution is -2.17. The number of rotatable bonds is 11. The molecule has 2 aromatic heterocycles. The second-order valence-electron chi connectivity index (χ2n) is 19.6. The molecule has 14 rings (SSSR count). The predicted octanol–water partition coefficient (Wildman–Crippen LogP) is 20.5. The van der Waals surface area contributed by atoms with E-state index >= 15 is 0 Å². The van der Waals surface area contributed by atoms with Gasteiger partial charge in [-0.1, -0.05) is 237 Å². The number of fused-ring (bicyclic) bond motifs is 6. The molecule has 0 N–H and O–H groups in total. The van der Waals surface area contributed by atoms with E-state index in [0.717, 1.165) is 11.4 Å². The van der Waals surface area contributed by atoms with Crippen molar-refractivity contribution in [1.29, 1.82) is 0 Å². The number of aromatic nitrogens is 1. The van der Waals surface area contributed by atoms with Crippen molar-refractivity contribution in [2.75, 3.05) is 4.90 Å². The van der Waals surface area contributed by atoms with E-state index in [1.54, 1.807) is 0 Å². The minimum Gasteiger partial charge on any atom is -0.337 e. The highest BCUT2D eigenvalue weighted by Gasteiger charge is 2.20. The van der Waals surface area contributed by atoms with Crippen molar-refractivity contribution in [3.05, 3.63) is 297 Å². The van der Waals surface area contributed by atoms with E-state index in [9.17, 15) is 0 Å². The maximum Gasteiger partial charge on any atom is 0.0640 e. The van der Waals surface area contributed by atoms with Crippen LogP contribution in [0.5, 0.6) is 0 Å². The second-order valence-corrected chi connectivity index (χ2v) is 20.7. The first kappa shape index (κ1) is 45.1. The molecule has 0 spiro atoms. The molecule has 2 nitrogen and oxygen atoms in total. The van der Waals surface area contributed by atoms with Crippen LogP contribution in [0.15, 0.2) is 291 Å². The summed E-state index contributed by atoms with van der Waals surface area (Å²) < 4.78 is 5.10. The summed E-state index contributed by atoms with van der Waals surface area (Å²) in [4.78, 5) is 2.46. The van der Waals surface area contributed by atoms with Crippen LogP contribution in [-0.4, -0.2) is 4.57 Å². The molecule has 0 aliphatic carbocycles. The topological polar surface area (TPSA) is 8.17 Å². The monoisotopic (exact) mass is 986 g/mol. The lowest BCUT2D eigenvalue weighted by molar-refractivity contribution is 0.977. The first-order chi connectivity index (χ1) is 37.7. The summed E-state index contributed by atoms with van der Waals surface area (Å²) in [6.45, 7) is 0.670. The van der Waals surface area contributed by atoms with Gasteiger partial charge in [0.25, 0.3) is 0 Å². The molecule has 0 atom stereocenters. The van der Waals surface area contributed by atoms with E-state index in [4.69, 9.17) is 0 Å². The smallest absolute Gasteiger partial charge is 0.0640 e. The van der Waals surface area contributed by atoms with E-state index in [0.29, 0.717) is 6.54 Å². The van der Waals surface area contributed by atoms with Gasteiger partial charge in [-0.3, -0.25) is 0 Å². The molecule has 0 aliphatic heterocycles. The first-order valence-corrected chi connectivity index (χ1v) is 26.9. The minimum atomic E-state index is 0.670. The minimum absolute atomic E-state index is 0.670. The zero-order valence-corrected chi connectivity index (χ0v) is 42.5. The van der Waals surface area contributed by atoms with Crippen LogP contribution in [0.25, 0.3) is 114 Å². The van der Waals surface area contributed by atoms with Crippen molar-refractivity contribution in [1.82, 2.24) is 4.57 Å². The molecule has 0 radical (unpaired) electrons. The molecule has 76 heavy (non-hydrogen) atoms. The Balaban J connectivity index is 0.830. The van der Waals surface area contributed by atoms with Gasteiger partial charge in [0.2, 0.25) is 0 Å². The van der Waals surface area contributed by atoms with Crippen LogP contribution in [0, 0.1) is 0 Å². The normalized spacial score (nSPS) is 11.5. The Morgan fingerprint density at radius 1 is 0.303 bits per heavy atom. The van der Waals surface area contributed by atoms with Crippen LogP contribution in [0.3, 0.4) is 0 Å². The fourth-order valence-electron chi connectivity index (χ4n) is 11.4. The van der Waals surface area contributed by atoms with Crippen LogP contribution >= 0.6 is 11.3 Å². The second kappa shape index (κ2) is 19.4. The summed E-state index contributed by atoms with van der Waals surface area (Å²) in [7, 11) is 0. The van der Waals surface area contributed by atoms with E-state index in [1.165, 1.54) is 120 Å². The highest BCUT2D eigenvalue weighted by atomic mass is 32.1. The van der Waals surface area contributed by atoms with Gasteiger partial charge in [0, 0.05) is 44.2 Å². The lowest BCUT2D eigenvalue weighted by atomic mass is 9.93. The highest BCUT2D eigenvalue weighted by Crippen LogP contribution is 2.44. The lowest BCUT2D eigenvalue weighted by Gasteiger charge is -2.27. The fourth-order valence-corrected chi connectivity index (χ4v) is 12.6. The van der Waals surface area contributed by atoms with Gasteiger partial charge in [-0.2, -0.15) is 0 Å². The number of para-hydroxylation sites is 1. The molecular weight excluding hydrogens is 937 g/mol. The van der Waals surface area contributed by atoms with Crippen LogP contribution in [0.1, 0.15) is 5.56 Å². The Morgan fingerprint density at radius 2 is 0.724 bits per heavy atom. The van der Waals surface area contributed by atoms with Gasteiger partial charge in [0.15, 0.2) is 0 Å². The van der Waals surface area contributed by atoms with E-state index in [1.807, 2.05) is 11.3 Å². The Hall–Kier alpha value is -9.54. The van der Waals surface area contributed by atoms with E-state index in [-0.39, 0.29) is 0 Å². The average molecular weight is 987 g/mol. The molecular formula is C73H50N2S. The zero-order valence-electron chi connectivity index (χ0n) is 41.7. The molecule has 0 aliphatic rings. The van der Waals surface area contributed by atoms with Gasteiger partial charge in [-0.15, -0.1) is 11.3 Å². The molecule has 0 fully saturated rings. The SMILES string of the molecule is c1ccc(-c2ccc(-c3ccc(N(Cc4ccccc4-c4cccc(-c5cccc6c5c5ccccc5n6-c5cccc6c5sc5ccccc56)c4)c4ccc(-c5ccc(-c6ccccc6)cc5)cc4)cc3)cc2)cc1. The molecule has 2 heterocycles. The van der Waals surface area contributed by atoms with Gasteiger partial charge >= 0.3 is 0 Å². The quantitative estimate of drug-likeness (QED) is 0.125. The summed E-state index contributed by atoms with van der Waals surface area (Å²) >= 11 is 1.88. The number of benzene rings is 12. The van der Waals surface area contributed by atoms with Crippen LogP contribution in [0.2, 0.25) is 0 Å². The number of hydrogen-bond acceptors (Lipinski definition) is 2. The first-order valence-electron chi connectivity index (χ1n) is 26.1. The molecule has 12 aromatic carbocycles. The summed E-state index contributed by atoms with van der Waals surface area (Å²) in [6.07, 6.45) is 0. The Morgan fingerprint density at radius 3 is 1.34 bits per heavy atom. The maximum atomic E-state index is 2.49. The number of anilines is 2. The van der Waals surface area contributed by atoms with Crippen molar-refractivity contribution in [3.8, 4) is 72.4 Å². The standard InChI is InChI=1S/C73H50N2S/c1-3-16-50(17-4-1)52-32-36-54(37-33-52)56-40-44-61(45-41-56)74(62-46-42-57(43-47-62)55-38-34-53(35-39-55)51-18-5-2-6-19-51)49-60-20-7-8-23-63(60)58-21-13-22-59(48-58)64-26-14-29-69-72(64)67-25-9-11-28-68(67)75(69)70-30-15-27-66-65-24-10-12-31-71(65)76-73(66)70/h1-48H,49H2. The van der Waals surface area contributed by atoms with Gasteiger partial charge in [-0.05, 0) is 127 Å². The molecule has 0 saturated carbocycles. The summed E-state index contributed by atoms with van der Waals surface area (Å²) in [6, 6.07) is 107. The van der Waals surface area contributed by atoms with Gasteiger partial charge < -0.3 is 9.47 Å². The Labute approximate surface area is 447 Å². The molecule has 14 aromatic rings. The summed E-state index contributed by atoms with van der Waals surface area (Å²) in [5, 5.41) is 5.12. The van der Waals surface area contributed by atoms with Gasteiger partial charge in [0.05, 0.1) is 21.4 Å². The largest absolute Gasteiger partial charge is 0.337 e. The van der Waals surface area contributed by atoms with Crippen LogP contribution < -0.4 is 4.90 Å². The molecule has 0 amide bonds. The fraction of sp³-hybridized carbons (Fsp3) is 0.0137. The third kappa shape index (κ3) is 8.24. The summed E-state index contributed by atoms with van der Waals surface area (Å²) in [5.74, 6) is 0. The molecule has 3 heteroatoms. The van der Waals surface area contributed by atoms with Crippen molar-refractivity contribution in [2.24, 2.45) is 0 Å². The molecule has 358 valence electrons. The van der Waals surface area contributed by atoms with Crippen LogP contribution in [-0.2, 0) is 6.54 Å². The van der Waals surface area contributed by atoms with Gasteiger partial charge in [0.1, 0.15) is 0 Å².